The Hall–Kier alpha value is -1.62. The van der Waals surface area contributed by atoms with Crippen LogP contribution in [-0.4, -0.2) is 12.1 Å². The first-order chi connectivity index (χ1) is 9.64. The van der Waals surface area contributed by atoms with E-state index >= 15 is 0 Å². The van der Waals surface area contributed by atoms with Crippen molar-refractivity contribution in [1.82, 2.24) is 0 Å². The lowest BCUT2D eigenvalue weighted by Crippen LogP contribution is -2.66. The maximum Gasteiger partial charge on any atom is 0.457 e. The van der Waals surface area contributed by atoms with Gasteiger partial charge >= 0.3 is 18.0 Å². The van der Waals surface area contributed by atoms with E-state index in [2.05, 4.69) is 0 Å². The van der Waals surface area contributed by atoms with Gasteiger partial charge in [0.15, 0.2) is 23.3 Å². The van der Waals surface area contributed by atoms with E-state index in [1.54, 1.807) is 0 Å². The minimum atomic E-state index is -6.93. The second-order valence-electron chi connectivity index (χ2n) is 4.31. The summed E-state index contributed by atoms with van der Waals surface area (Å²) in [6.45, 7) is 0. The zero-order chi connectivity index (χ0) is 17.5. The van der Waals surface area contributed by atoms with Gasteiger partial charge in [0.05, 0.1) is 11.1 Å². The van der Waals surface area contributed by atoms with Crippen molar-refractivity contribution in [2.75, 3.05) is 0 Å². The third kappa shape index (κ3) is 1.47. The lowest BCUT2D eigenvalue weighted by Gasteiger charge is -2.48. The Morgan fingerprint density at radius 3 is 1.32 bits per heavy atom. The molecule has 0 saturated carbocycles. The Bertz CT molecular complexity index is 657. The van der Waals surface area contributed by atoms with Crippen molar-refractivity contribution in [3.05, 3.63) is 34.4 Å². The van der Waals surface area contributed by atoms with Crippen LogP contribution in [0.15, 0.2) is 0 Å². The Labute approximate surface area is 112 Å². The molecule has 0 aromatic heterocycles. The first-order valence-corrected chi connectivity index (χ1v) is 5.02. The van der Waals surface area contributed by atoms with Crippen LogP contribution in [0.5, 0.6) is 0 Å². The fraction of sp³-hybridized carbons (Fsp3) is 0.400. The van der Waals surface area contributed by atoms with Gasteiger partial charge in [0.25, 0.3) is 5.67 Å². The maximum absolute atomic E-state index is 13.8. The van der Waals surface area contributed by atoms with E-state index in [4.69, 9.17) is 0 Å². The van der Waals surface area contributed by atoms with E-state index < -0.39 is 58.1 Å². The van der Waals surface area contributed by atoms with Crippen molar-refractivity contribution < 1.29 is 52.7 Å². The molecule has 1 aromatic carbocycles. The standard InChI is InChI=1S/C10F12/c11-3-1-2(4(12)6(14)5(3)13)8(16,17)7(1,15)9(18,19)10(20,21)22/t7-/m1/s1. The van der Waals surface area contributed by atoms with Crippen LogP contribution in [0.2, 0.25) is 0 Å². The summed E-state index contributed by atoms with van der Waals surface area (Å²) in [5.41, 5.74) is -11.8. The molecule has 2 rings (SSSR count). The van der Waals surface area contributed by atoms with Crippen LogP contribution in [0.3, 0.4) is 0 Å². The molecule has 1 aromatic rings. The monoisotopic (exact) mass is 348 g/mol. The number of hydrogen-bond acceptors (Lipinski definition) is 0. The van der Waals surface area contributed by atoms with E-state index in [1.807, 2.05) is 0 Å². The first-order valence-electron chi connectivity index (χ1n) is 5.02. The Kier molecular flexibility index (Phi) is 3.06. The Morgan fingerprint density at radius 2 is 0.955 bits per heavy atom. The van der Waals surface area contributed by atoms with Crippen LogP contribution in [-0.2, 0) is 11.6 Å². The largest absolute Gasteiger partial charge is 0.457 e. The van der Waals surface area contributed by atoms with Gasteiger partial charge in [-0.1, -0.05) is 0 Å². The molecule has 1 aliphatic rings. The van der Waals surface area contributed by atoms with Crippen molar-refractivity contribution in [3.8, 4) is 0 Å². The summed E-state index contributed by atoms with van der Waals surface area (Å²) in [7, 11) is 0. The van der Waals surface area contributed by atoms with Crippen LogP contribution >= 0.6 is 0 Å². The summed E-state index contributed by atoms with van der Waals surface area (Å²) in [5, 5.41) is 0. The van der Waals surface area contributed by atoms with Crippen LogP contribution in [0.4, 0.5) is 52.7 Å². The van der Waals surface area contributed by atoms with E-state index in [1.165, 1.54) is 0 Å². The SMILES string of the molecule is Fc1c(F)c(F)c2c(c1F)C(F)(F)[C@@]2(F)C(F)(F)C(F)(F)F. The van der Waals surface area contributed by atoms with Gasteiger partial charge in [0.2, 0.25) is 0 Å². The summed E-state index contributed by atoms with van der Waals surface area (Å²) < 4.78 is 154. The Morgan fingerprint density at radius 1 is 0.591 bits per heavy atom. The highest BCUT2D eigenvalue weighted by atomic mass is 19.4. The molecule has 12 heteroatoms. The minimum Gasteiger partial charge on any atom is -0.224 e. The van der Waals surface area contributed by atoms with Gasteiger partial charge in [0.1, 0.15) is 0 Å². The summed E-state index contributed by atoms with van der Waals surface area (Å²) in [6, 6.07) is 0. The lowest BCUT2D eigenvalue weighted by atomic mass is 9.66. The summed E-state index contributed by atoms with van der Waals surface area (Å²) >= 11 is 0. The average Bonchev–Trinajstić information content (AvgIpc) is 2.37. The molecule has 1 atom stereocenters. The van der Waals surface area contributed by atoms with Crippen LogP contribution in [0.25, 0.3) is 0 Å². The minimum absolute atomic E-state index is 2.73. The number of hydrogen-bond donors (Lipinski definition) is 0. The van der Waals surface area contributed by atoms with Crippen molar-refractivity contribution in [2.45, 2.75) is 23.7 Å². The zero-order valence-corrected chi connectivity index (χ0v) is 9.54. The molecule has 0 aliphatic heterocycles. The third-order valence-electron chi connectivity index (χ3n) is 3.15. The molecule has 0 heterocycles. The second kappa shape index (κ2) is 4.02. The predicted octanol–water partition coefficient (Wildman–Crippen LogP) is 4.71. The van der Waals surface area contributed by atoms with Gasteiger partial charge < -0.3 is 0 Å². The molecule has 0 nitrogen and oxygen atoms in total. The summed E-state index contributed by atoms with van der Waals surface area (Å²) in [6.07, 6.45) is -6.93. The fourth-order valence-corrected chi connectivity index (χ4v) is 2.07. The molecule has 1 aliphatic carbocycles. The molecular formula is C10F12. The number of halogens is 12. The van der Waals surface area contributed by atoms with E-state index in [0.717, 1.165) is 0 Å². The number of alkyl halides is 8. The van der Waals surface area contributed by atoms with Crippen LogP contribution in [0.1, 0.15) is 11.1 Å². The molecule has 0 saturated heterocycles. The lowest BCUT2D eigenvalue weighted by molar-refractivity contribution is -0.383. The summed E-state index contributed by atoms with van der Waals surface area (Å²) in [5.74, 6) is -24.8. The number of rotatable bonds is 1. The molecule has 22 heavy (non-hydrogen) atoms. The summed E-state index contributed by atoms with van der Waals surface area (Å²) in [4.78, 5) is 0. The van der Waals surface area contributed by atoms with Gasteiger partial charge in [0, 0.05) is 0 Å². The predicted molar refractivity (Wildman–Crippen MR) is 44.0 cm³/mol. The van der Waals surface area contributed by atoms with Crippen molar-refractivity contribution >= 4 is 0 Å². The molecule has 0 N–H and O–H groups in total. The van der Waals surface area contributed by atoms with Crippen molar-refractivity contribution in [3.63, 3.8) is 0 Å². The quantitative estimate of drug-likeness (QED) is 0.392. The molecule has 124 valence electrons. The average molecular weight is 348 g/mol. The molecule has 0 amide bonds. The Balaban J connectivity index is 2.90. The smallest absolute Gasteiger partial charge is 0.224 e. The number of fused-ring (bicyclic) bond motifs is 1. The van der Waals surface area contributed by atoms with Crippen molar-refractivity contribution in [1.29, 1.82) is 0 Å². The first kappa shape index (κ1) is 16.7. The molecule has 0 bridgehead atoms. The van der Waals surface area contributed by atoms with E-state index in [-0.39, 0.29) is 0 Å². The molecule has 0 fully saturated rings. The van der Waals surface area contributed by atoms with Gasteiger partial charge in [-0.15, -0.1) is 0 Å². The normalized spacial score (nSPS) is 24.0. The topological polar surface area (TPSA) is 0 Å². The molecule has 0 unspecified atom stereocenters. The fourth-order valence-electron chi connectivity index (χ4n) is 2.07. The molecule has 0 radical (unpaired) electrons. The number of benzene rings is 1. The van der Waals surface area contributed by atoms with Gasteiger partial charge in [-0.3, -0.25) is 0 Å². The van der Waals surface area contributed by atoms with E-state index in [0.29, 0.717) is 0 Å². The highest BCUT2D eigenvalue weighted by Gasteiger charge is 2.88. The molecule has 0 spiro atoms. The van der Waals surface area contributed by atoms with Gasteiger partial charge in [-0.05, 0) is 0 Å². The van der Waals surface area contributed by atoms with Crippen LogP contribution < -0.4 is 0 Å². The highest BCUT2D eigenvalue weighted by molar-refractivity contribution is 5.53. The highest BCUT2D eigenvalue weighted by Crippen LogP contribution is 2.69. The zero-order valence-electron chi connectivity index (χ0n) is 9.54. The third-order valence-corrected chi connectivity index (χ3v) is 3.15. The van der Waals surface area contributed by atoms with Gasteiger partial charge in [-0.25, -0.2) is 22.0 Å². The van der Waals surface area contributed by atoms with Gasteiger partial charge in [-0.2, -0.15) is 30.7 Å². The second-order valence-corrected chi connectivity index (χ2v) is 4.31. The maximum atomic E-state index is 13.8. The van der Waals surface area contributed by atoms with Crippen molar-refractivity contribution in [2.24, 2.45) is 0 Å². The van der Waals surface area contributed by atoms with E-state index in [9.17, 15) is 52.7 Å². The van der Waals surface area contributed by atoms with Crippen LogP contribution in [0, 0.1) is 23.3 Å². The molecular weight excluding hydrogens is 348 g/mol.